The van der Waals surface area contributed by atoms with Crippen LogP contribution >= 0.6 is 39.1 Å². The number of primary amides is 1. The molecule has 2 atom stereocenters. The van der Waals surface area contributed by atoms with Gasteiger partial charge in [0.05, 0.1) is 38.3 Å². The van der Waals surface area contributed by atoms with Crippen LogP contribution in [0.25, 0.3) is 10.8 Å². The highest BCUT2D eigenvalue weighted by atomic mass is 79.9. The molecule has 1 aliphatic heterocycles. The van der Waals surface area contributed by atoms with Crippen molar-refractivity contribution in [2.24, 2.45) is 5.73 Å². The molecule has 0 aliphatic carbocycles. The maximum absolute atomic E-state index is 15.1. The second-order valence-electron chi connectivity index (χ2n) is 12.6. The lowest BCUT2D eigenvalue weighted by molar-refractivity contribution is -0.118. The molecular formula is C38H38BrCl2FN4O3S. The summed E-state index contributed by atoms with van der Waals surface area (Å²) in [7, 11) is 0. The van der Waals surface area contributed by atoms with Crippen LogP contribution in [0.2, 0.25) is 10.0 Å². The second kappa shape index (κ2) is 16.9. The van der Waals surface area contributed by atoms with Crippen LogP contribution in [-0.4, -0.2) is 65.1 Å². The van der Waals surface area contributed by atoms with Crippen LogP contribution in [0.3, 0.4) is 0 Å². The zero-order chi connectivity index (χ0) is 36.1. The Kier molecular flexibility index (Phi) is 12.9. The van der Waals surface area contributed by atoms with Gasteiger partial charge in [0, 0.05) is 18.5 Å². The minimum absolute atomic E-state index is 0.0307. The van der Waals surface area contributed by atoms with Crippen molar-refractivity contribution < 1.29 is 18.5 Å². The number of likely N-dealkylation sites (tertiary alicyclic amines) is 1. The molecule has 0 aromatic heterocycles. The number of nitrogens with zero attached hydrogens (tertiary/aromatic N) is 3. The molecule has 1 aliphatic rings. The van der Waals surface area contributed by atoms with Gasteiger partial charge in [0.1, 0.15) is 12.1 Å². The third-order valence-electron chi connectivity index (χ3n) is 9.52. The number of hydrogen-bond acceptors (Lipinski definition) is 5. The standard InChI is InChI=1S/C38H38BrCl2FN4O3S/c1-3-28-27(20-43)16-25-6-4-5-7-29(25)37(28)38(48)46(22-36(44)47)21-26(24-8-9-32(40)33(41)17-24)12-15-45-13-10-23(11-14-45)30-18-31(39)35(50(2)49)19-34(30)42/h4-9,16-19,23,26H,3,10-15,21-22H2,1-2H3,(H2,44,47)/t26-,50?/m1/s1. The van der Waals surface area contributed by atoms with Crippen molar-refractivity contribution in [3.8, 4) is 6.07 Å². The number of carbonyl (C=O) groups is 2. The van der Waals surface area contributed by atoms with E-state index < -0.39 is 17.1 Å². The first kappa shape index (κ1) is 38.1. The largest absolute Gasteiger partial charge is 0.612 e. The average molecular weight is 801 g/mol. The Balaban J connectivity index is 1.40. The highest BCUT2D eigenvalue weighted by molar-refractivity contribution is 9.10. The maximum Gasteiger partial charge on any atom is 0.255 e. The molecule has 50 heavy (non-hydrogen) atoms. The van der Waals surface area contributed by atoms with E-state index in [1.54, 1.807) is 24.3 Å². The molecule has 2 amide bonds. The van der Waals surface area contributed by atoms with E-state index >= 15 is 4.39 Å². The number of carbonyl (C=O) groups excluding carboxylic acids is 2. The van der Waals surface area contributed by atoms with Crippen LogP contribution in [0.5, 0.6) is 0 Å². The van der Waals surface area contributed by atoms with Crippen LogP contribution < -0.4 is 5.73 Å². The van der Waals surface area contributed by atoms with Crippen LogP contribution in [-0.2, 0) is 22.4 Å². The summed E-state index contributed by atoms with van der Waals surface area (Å²) in [5.41, 5.74) is 8.66. The van der Waals surface area contributed by atoms with Gasteiger partial charge in [-0.25, -0.2) is 4.39 Å². The van der Waals surface area contributed by atoms with Gasteiger partial charge in [-0.05, 0) is 130 Å². The highest BCUT2D eigenvalue weighted by Crippen LogP contribution is 2.36. The molecule has 0 radical (unpaired) electrons. The van der Waals surface area contributed by atoms with Gasteiger partial charge in [-0.2, -0.15) is 5.26 Å². The van der Waals surface area contributed by atoms with Crippen LogP contribution in [0.1, 0.15) is 70.6 Å². The van der Waals surface area contributed by atoms with E-state index in [1.165, 1.54) is 17.2 Å². The van der Waals surface area contributed by atoms with Gasteiger partial charge in [0.2, 0.25) is 5.91 Å². The first-order chi connectivity index (χ1) is 23.9. The second-order valence-corrected chi connectivity index (χ2v) is 15.7. The van der Waals surface area contributed by atoms with Gasteiger partial charge >= 0.3 is 0 Å². The molecule has 12 heteroatoms. The third-order valence-corrected chi connectivity index (χ3v) is 12.1. The average Bonchev–Trinajstić information content (AvgIpc) is 3.10. The fourth-order valence-electron chi connectivity index (χ4n) is 6.95. The molecule has 4 aromatic carbocycles. The summed E-state index contributed by atoms with van der Waals surface area (Å²) < 4.78 is 27.7. The summed E-state index contributed by atoms with van der Waals surface area (Å²) in [5, 5.41) is 12.2. The van der Waals surface area contributed by atoms with Gasteiger partial charge in [-0.1, -0.05) is 60.5 Å². The molecule has 1 unspecified atom stereocenters. The van der Waals surface area contributed by atoms with Gasteiger partial charge < -0.3 is 20.1 Å². The first-order valence-corrected chi connectivity index (χ1v) is 19.5. The fourth-order valence-corrected chi connectivity index (χ4v) is 8.90. The van der Waals surface area contributed by atoms with E-state index in [2.05, 4.69) is 26.9 Å². The minimum Gasteiger partial charge on any atom is -0.612 e. The number of rotatable bonds is 12. The monoisotopic (exact) mass is 798 g/mol. The van der Waals surface area contributed by atoms with Crippen molar-refractivity contribution in [2.75, 3.05) is 39.0 Å². The van der Waals surface area contributed by atoms with Gasteiger partial charge in [-0.15, -0.1) is 0 Å². The number of amides is 2. The Morgan fingerprint density at radius 1 is 1.14 bits per heavy atom. The number of piperidine rings is 1. The van der Waals surface area contributed by atoms with E-state index in [4.69, 9.17) is 28.9 Å². The molecule has 0 bridgehead atoms. The van der Waals surface area contributed by atoms with Crippen molar-refractivity contribution in [1.82, 2.24) is 9.80 Å². The number of halogens is 4. The van der Waals surface area contributed by atoms with Crippen molar-refractivity contribution in [1.29, 1.82) is 5.26 Å². The Morgan fingerprint density at radius 3 is 2.50 bits per heavy atom. The Hall–Kier alpha value is -3.17. The van der Waals surface area contributed by atoms with Gasteiger partial charge in [-0.3, -0.25) is 9.59 Å². The zero-order valence-electron chi connectivity index (χ0n) is 27.9. The van der Waals surface area contributed by atoms with E-state index in [0.29, 0.717) is 66.4 Å². The van der Waals surface area contributed by atoms with E-state index in [1.807, 2.05) is 37.3 Å². The number of hydrogen-bond donors (Lipinski definition) is 1. The highest BCUT2D eigenvalue weighted by Gasteiger charge is 2.29. The molecular weight excluding hydrogens is 762 g/mol. The summed E-state index contributed by atoms with van der Waals surface area (Å²) in [6.07, 6.45) is 4.12. The summed E-state index contributed by atoms with van der Waals surface area (Å²) in [5.74, 6) is -1.56. The molecule has 5 rings (SSSR count). The fraction of sp³-hybridized carbons (Fsp3) is 0.342. The van der Waals surface area contributed by atoms with E-state index in [9.17, 15) is 19.4 Å². The van der Waals surface area contributed by atoms with Crippen LogP contribution in [0, 0.1) is 17.1 Å². The minimum atomic E-state index is -1.30. The first-order valence-electron chi connectivity index (χ1n) is 16.4. The molecule has 1 heterocycles. The molecule has 0 spiro atoms. The van der Waals surface area contributed by atoms with Crippen molar-refractivity contribution in [2.45, 2.75) is 49.3 Å². The van der Waals surface area contributed by atoms with Gasteiger partial charge in [0.15, 0.2) is 4.90 Å². The summed E-state index contributed by atoms with van der Waals surface area (Å²) >= 11 is 14.9. The molecule has 1 fully saturated rings. The molecule has 0 saturated carbocycles. The third kappa shape index (κ3) is 8.64. The van der Waals surface area contributed by atoms with Crippen molar-refractivity contribution in [3.05, 3.63) is 109 Å². The lowest BCUT2D eigenvalue weighted by Crippen LogP contribution is -2.42. The molecule has 4 aromatic rings. The number of nitriles is 1. The number of benzene rings is 4. The molecule has 2 N–H and O–H groups in total. The lowest BCUT2D eigenvalue weighted by Gasteiger charge is -2.34. The molecule has 1 saturated heterocycles. The Labute approximate surface area is 313 Å². The molecule has 262 valence electrons. The van der Waals surface area contributed by atoms with Crippen molar-refractivity contribution >= 4 is 72.9 Å². The van der Waals surface area contributed by atoms with Crippen molar-refractivity contribution in [3.63, 3.8) is 0 Å². The summed E-state index contributed by atoms with van der Waals surface area (Å²) in [6.45, 7) is 3.94. The SMILES string of the molecule is CCc1c(C#N)cc2ccccc2c1C(=O)N(CC(N)=O)C[C@@H](CCN1CCC(c2cc(Br)c([S+](C)[O-])cc2F)CC1)c1ccc(Cl)c(Cl)c1. The van der Waals surface area contributed by atoms with Crippen LogP contribution in [0.15, 0.2) is 70.0 Å². The smallest absolute Gasteiger partial charge is 0.255 e. The van der Waals surface area contributed by atoms with E-state index in [-0.39, 0.29) is 36.6 Å². The maximum atomic E-state index is 15.1. The van der Waals surface area contributed by atoms with Gasteiger partial charge in [0.25, 0.3) is 5.91 Å². The summed E-state index contributed by atoms with van der Waals surface area (Å²) in [4.78, 5) is 31.2. The summed E-state index contributed by atoms with van der Waals surface area (Å²) in [6, 6.07) is 20.0. The quantitative estimate of drug-likeness (QED) is 0.145. The normalized spacial score (nSPS) is 15.1. The number of fused-ring (bicyclic) bond motifs is 1. The Bertz CT molecular complexity index is 1950. The zero-order valence-corrected chi connectivity index (χ0v) is 31.8. The predicted molar refractivity (Wildman–Crippen MR) is 202 cm³/mol. The predicted octanol–water partition coefficient (Wildman–Crippen LogP) is 8.20. The molecule has 7 nitrogen and oxygen atoms in total. The van der Waals surface area contributed by atoms with Crippen LogP contribution in [0.4, 0.5) is 4.39 Å². The lowest BCUT2D eigenvalue weighted by atomic mass is 9.88. The van der Waals surface area contributed by atoms with E-state index in [0.717, 1.165) is 36.9 Å². The number of nitrogens with two attached hydrogens (primary N) is 1. The Morgan fingerprint density at radius 2 is 1.86 bits per heavy atom. The topological polar surface area (TPSA) is 113 Å².